The first-order chi connectivity index (χ1) is 9.62. The fourth-order valence-electron chi connectivity index (χ4n) is 1.88. The molecule has 20 heavy (non-hydrogen) atoms. The molecule has 5 nitrogen and oxygen atoms in total. The minimum absolute atomic E-state index is 0.0123. The van der Waals surface area contributed by atoms with Crippen LogP contribution in [0.3, 0.4) is 0 Å². The Labute approximate surface area is 120 Å². The van der Waals surface area contributed by atoms with Crippen LogP contribution < -0.4 is 10.5 Å². The molecule has 0 aliphatic rings. The van der Waals surface area contributed by atoms with E-state index in [9.17, 15) is 10.5 Å². The molecule has 0 unspecified atom stereocenters. The van der Waals surface area contributed by atoms with Crippen molar-refractivity contribution in [1.82, 2.24) is 4.98 Å². The molecule has 0 aliphatic heterocycles. The first-order valence-electron chi connectivity index (χ1n) is 5.56. The van der Waals surface area contributed by atoms with Crippen LogP contribution in [0, 0.1) is 22.7 Å². The van der Waals surface area contributed by atoms with Crippen molar-refractivity contribution in [2.24, 2.45) is 0 Å². The highest BCUT2D eigenvalue weighted by Crippen LogP contribution is 2.35. The van der Waals surface area contributed by atoms with Crippen LogP contribution >= 0.6 is 11.6 Å². The van der Waals surface area contributed by atoms with Gasteiger partial charge in [0, 0.05) is 10.6 Å². The van der Waals surface area contributed by atoms with E-state index in [1.165, 1.54) is 7.11 Å². The van der Waals surface area contributed by atoms with Gasteiger partial charge in [-0.05, 0) is 17.7 Å². The minimum Gasteiger partial charge on any atom is -0.480 e. The molecule has 0 amide bonds. The smallest absolute Gasteiger partial charge is 0.234 e. The van der Waals surface area contributed by atoms with Crippen molar-refractivity contribution in [2.75, 3.05) is 12.8 Å². The number of hydrogen-bond acceptors (Lipinski definition) is 5. The van der Waals surface area contributed by atoms with Gasteiger partial charge in [0.15, 0.2) is 0 Å². The SMILES string of the molecule is COc1nc(N)c(C#N)c(-c2cccc(Cl)c2)c1C#N. The average molecular weight is 285 g/mol. The van der Waals surface area contributed by atoms with Crippen molar-refractivity contribution in [1.29, 1.82) is 10.5 Å². The molecule has 0 saturated heterocycles. The number of nitrogens with two attached hydrogens (primary N) is 1. The molecule has 2 rings (SSSR count). The highest BCUT2D eigenvalue weighted by molar-refractivity contribution is 6.30. The summed E-state index contributed by atoms with van der Waals surface area (Å²) in [4.78, 5) is 3.92. The summed E-state index contributed by atoms with van der Waals surface area (Å²) in [5, 5.41) is 19.1. The van der Waals surface area contributed by atoms with E-state index in [1.54, 1.807) is 24.3 Å². The monoisotopic (exact) mass is 284 g/mol. The quantitative estimate of drug-likeness (QED) is 0.914. The van der Waals surface area contributed by atoms with Crippen LogP contribution in [0.4, 0.5) is 5.82 Å². The first-order valence-corrected chi connectivity index (χ1v) is 5.93. The van der Waals surface area contributed by atoms with Crippen LogP contribution in [0.5, 0.6) is 5.88 Å². The fourth-order valence-corrected chi connectivity index (χ4v) is 2.07. The van der Waals surface area contributed by atoms with E-state index >= 15 is 0 Å². The second kappa shape index (κ2) is 5.48. The lowest BCUT2D eigenvalue weighted by Gasteiger charge is -2.12. The summed E-state index contributed by atoms with van der Waals surface area (Å²) < 4.78 is 5.05. The molecule has 0 aliphatic carbocycles. The van der Waals surface area contributed by atoms with Crippen molar-refractivity contribution in [3.05, 3.63) is 40.4 Å². The molecule has 98 valence electrons. The molecular weight excluding hydrogens is 276 g/mol. The molecule has 6 heteroatoms. The number of rotatable bonds is 2. The van der Waals surface area contributed by atoms with Gasteiger partial charge in [-0.1, -0.05) is 23.7 Å². The number of ether oxygens (including phenoxy) is 1. The third-order valence-corrected chi connectivity index (χ3v) is 2.96. The Bertz CT molecular complexity index is 759. The number of halogens is 1. The molecule has 1 aromatic carbocycles. The van der Waals surface area contributed by atoms with E-state index in [-0.39, 0.29) is 22.8 Å². The van der Waals surface area contributed by atoms with Gasteiger partial charge >= 0.3 is 0 Å². The zero-order valence-corrected chi connectivity index (χ0v) is 11.3. The van der Waals surface area contributed by atoms with Gasteiger partial charge in [-0.2, -0.15) is 15.5 Å². The second-order valence-electron chi connectivity index (χ2n) is 3.87. The molecule has 1 heterocycles. The fraction of sp³-hybridized carbons (Fsp3) is 0.0714. The van der Waals surface area contributed by atoms with Gasteiger partial charge in [-0.15, -0.1) is 0 Å². The lowest BCUT2D eigenvalue weighted by Crippen LogP contribution is -2.04. The number of anilines is 1. The zero-order valence-electron chi connectivity index (χ0n) is 10.5. The largest absolute Gasteiger partial charge is 0.480 e. The van der Waals surface area contributed by atoms with Crippen LogP contribution in [0.15, 0.2) is 24.3 Å². The summed E-state index contributed by atoms with van der Waals surface area (Å²) in [5.41, 5.74) is 7.02. The standard InChI is InChI=1S/C14H9ClN4O/c1-20-14-11(7-17)12(10(6-16)13(18)19-14)8-3-2-4-9(15)5-8/h2-5H,1H3,(H2,18,19). The Hall–Kier alpha value is -2.76. The van der Waals surface area contributed by atoms with Crippen LogP contribution in [-0.2, 0) is 0 Å². The number of methoxy groups -OCH3 is 1. The van der Waals surface area contributed by atoms with Crippen LogP contribution in [-0.4, -0.2) is 12.1 Å². The predicted molar refractivity (Wildman–Crippen MR) is 75.1 cm³/mol. The molecule has 2 aromatic rings. The van der Waals surface area contributed by atoms with E-state index in [2.05, 4.69) is 4.98 Å². The number of pyridine rings is 1. The van der Waals surface area contributed by atoms with Crippen LogP contribution in [0.2, 0.25) is 5.02 Å². The van der Waals surface area contributed by atoms with Gasteiger partial charge in [-0.25, -0.2) is 0 Å². The van der Waals surface area contributed by atoms with E-state index in [0.717, 1.165) is 0 Å². The minimum atomic E-state index is 0.0123. The second-order valence-corrected chi connectivity index (χ2v) is 4.30. The van der Waals surface area contributed by atoms with Gasteiger partial charge in [0.05, 0.1) is 7.11 Å². The maximum absolute atomic E-state index is 9.32. The molecule has 2 N–H and O–H groups in total. The Morgan fingerprint density at radius 1 is 1.25 bits per heavy atom. The third kappa shape index (κ3) is 2.23. The Morgan fingerprint density at radius 3 is 2.50 bits per heavy atom. The average Bonchev–Trinajstić information content (AvgIpc) is 2.45. The summed E-state index contributed by atoms with van der Waals surface area (Å²) in [7, 11) is 1.39. The van der Waals surface area contributed by atoms with Crippen molar-refractivity contribution in [3.63, 3.8) is 0 Å². The summed E-state index contributed by atoms with van der Waals surface area (Å²) in [6, 6.07) is 10.8. The van der Waals surface area contributed by atoms with E-state index < -0.39 is 0 Å². The van der Waals surface area contributed by atoms with Crippen LogP contribution in [0.25, 0.3) is 11.1 Å². The Kier molecular flexibility index (Phi) is 3.74. The van der Waals surface area contributed by atoms with Gasteiger partial charge in [0.2, 0.25) is 5.88 Å². The number of hydrogen-bond donors (Lipinski definition) is 1. The lowest BCUT2D eigenvalue weighted by atomic mass is 9.96. The number of benzene rings is 1. The molecule has 0 saturated carbocycles. The normalized spacial score (nSPS) is 9.60. The van der Waals surface area contributed by atoms with Gasteiger partial charge in [0.25, 0.3) is 0 Å². The van der Waals surface area contributed by atoms with Gasteiger partial charge in [-0.3, -0.25) is 0 Å². The summed E-state index contributed by atoms with van der Waals surface area (Å²) in [5.74, 6) is 0.0947. The molecule has 0 atom stereocenters. The highest BCUT2D eigenvalue weighted by atomic mass is 35.5. The number of nitriles is 2. The Morgan fingerprint density at radius 2 is 1.95 bits per heavy atom. The van der Waals surface area contributed by atoms with Gasteiger partial charge < -0.3 is 10.5 Å². The zero-order chi connectivity index (χ0) is 14.7. The highest BCUT2D eigenvalue weighted by Gasteiger charge is 2.20. The van der Waals surface area contributed by atoms with Crippen molar-refractivity contribution in [3.8, 4) is 29.1 Å². The molecule has 1 aromatic heterocycles. The predicted octanol–water partition coefficient (Wildman–Crippen LogP) is 2.74. The maximum Gasteiger partial charge on any atom is 0.234 e. The number of nitrogen functional groups attached to an aromatic ring is 1. The maximum atomic E-state index is 9.32. The molecular formula is C14H9ClN4O. The Balaban J connectivity index is 2.90. The number of aromatic nitrogens is 1. The number of nitrogens with zero attached hydrogens (tertiary/aromatic N) is 3. The summed E-state index contributed by atoms with van der Waals surface area (Å²) in [6.07, 6.45) is 0. The lowest BCUT2D eigenvalue weighted by molar-refractivity contribution is 0.397. The molecule has 0 bridgehead atoms. The van der Waals surface area contributed by atoms with E-state index in [0.29, 0.717) is 16.1 Å². The molecule has 0 fully saturated rings. The first kappa shape index (κ1) is 13.7. The van der Waals surface area contributed by atoms with Crippen LogP contribution in [0.1, 0.15) is 11.1 Å². The van der Waals surface area contributed by atoms with E-state index in [4.69, 9.17) is 22.1 Å². The molecule has 0 spiro atoms. The van der Waals surface area contributed by atoms with Gasteiger partial charge in [0.1, 0.15) is 29.1 Å². The molecule has 0 radical (unpaired) electrons. The summed E-state index contributed by atoms with van der Waals surface area (Å²) >= 11 is 5.96. The van der Waals surface area contributed by atoms with E-state index in [1.807, 2.05) is 12.1 Å². The summed E-state index contributed by atoms with van der Waals surface area (Å²) in [6.45, 7) is 0. The van der Waals surface area contributed by atoms with Crippen molar-refractivity contribution >= 4 is 17.4 Å². The topological polar surface area (TPSA) is 95.7 Å². The van der Waals surface area contributed by atoms with Crippen molar-refractivity contribution in [2.45, 2.75) is 0 Å². The third-order valence-electron chi connectivity index (χ3n) is 2.72. The van der Waals surface area contributed by atoms with Crippen molar-refractivity contribution < 1.29 is 4.74 Å².